The van der Waals surface area contributed by atoms with Crippen molar-refractivity contribution in [1.29, 1.82) is 0 Å². The van der Waals surface area contributed by atoms with Crippen LogP contribution < -0.4 is 10.6 Å². The number of halogens is 3. The van der Waals surface area contributed by atoms with Crippen molar-refractivity contribution in [3.8, 4) is 0 Å². The first-order chi connectivity index (χ1) is 11.9. The van der Waals surface area contributed by atoms with Gasteiger partial charge in [-0.05, 0) is 24.1 Å². The van der Waals surface area contributed by atoms with E-state index in [0.717, 1.165) is 5.56 Å². The maximum absolute atomic E-state index is 13.4. The molecule has 0 radical (unpaired) electrons. The molecule has 1 unspecified atom stereocenters. The van der Waals surface area contributed by atoms with Gasteiger partial charge in [-0.1, -0.05) is 42.5 Å². The standard InChI is InChI=1S/C18H14F3N3O/c19-18(20,21)17-22-15-9-5-4-8-14(15)16(25)24(17)23-11-13(23)10-12-6-2-1-3-7-12/h1-9,13H,10-11H2. The third-order valence-corrected chi connectivity index (χ3v) is 4.26. The first-order valence-electron chi connectivity index (χ1n) is 7.85. The van der Waals surface area contributed by atoms with Crippen LogP contribution in [0, 0.1) is 0 Å². The summed E-state index contributed by atoms with van der Waals surface area (Å²) in [5.74, 6) is -1.17. The zero-order chi connectivity index (χ0) is 17.6. The van der Waals surface area contributed by atoms with Crippen molar-refractivity contribution in [1.82, 2.24) is 9.66 Å². The molecular formula is C18H14F3N3O. The summed E-state index contributed by atoms with van der Waals surface area (Å²) >= 11 is 0. The van der Waals surface area contributed by atoms with Gasteiger partial charge in [-0.15, -0.1) is 0 Å². The summed E-state index contributed by atoms with van der Waals surface area (Å²) in [5, 5.41) is 1.61. The van der Waals surface area contributed by atoms with Crippen LogP contribution in [0.2, 0.25) is 0 Å². The Morgan fingerprint density at radius 2 is 1.72 bits per heavy atom. The summed E-state index contributed by atoms with van der Waals surface area (Å²) < 4.78 is 41.0. The lowest BCUT2D eigenvalue weighted by molar-refractivity contribution is -0.147. The topological polar surface area (TPSA) is 37.9 Å². The van der Waals surface area contributed by atoms with Crippen molar-refractivity contribution < 1.29 is 13.2 Å². The van der Waals surface area contributed by atoms with Crippen LogP contribution in [0.5, 0.6) is 0 Å². The molecule has 1 atom stereocenters. The van der Waals surface area contributed by atoms with Crippen LogP contribution in [0.3, 0.4) is 0 Å². The third kappa shape index (κ3) is 2.86. The van der Waals surface area contributed by atoms with Gasteiger partial charge in [0.25, 0.3) is 5.56 Å². The zero-order valence-corrected chi connectivity index (χ0v) is 13.1. The van der Waals surface area contributed by atoms with Crippen LogP contribution in [-0.2, 0) is 12.6 Å². The van der Waals surface area contributed by atoms with E-state index in [1.54, 1.807) is 12.1 Å². The Hall–Kier alpha value is -2.83. The van der Waals surface area contributed by atoms with Crippen molar-refractivity contribution in [2.45, 2.75) is 18.6 Å². The molecule has 1 aliphatic rings. The van der Waals surface area contributed by atoms with Crippen molar-refractivity contribution in [2.75, 3.05) is 11.6 Å². The number of hydrogen-bond acceptors (Lipinski definition) is 3. The number of hydrogen-bond donors (Lipinski definition) is 0. The number of rotatable bonds is 3. The molecule has 0 aliphatic carbocycles. The van der Waals surface area contributed by atoms with E-state index in [1.165, 1.54) is 17.1 Å². The molecule has 1 fully saturated rings. The highest BCUT2D eigenvalue weighted by molar-refractivity contribution is 5.77. The van der Waals surface area contributed by atoms with Crippen molar-refractivity contribution in [3.63, 3.8) is 0 Å². The molecule has 0 spiro atoms. The second-order valence-electron chi connectivity index (χ2n) is 6.03. The quantitative estimate of drug-likeness (QED) is 0.685. The Bertz CT molecular complexity index is 982. The number of benzene rings is 2. The number of aromatic nitrogens is 2. The predicted molar refractivity (Wildman–Crippen MR) is 88.0 cm³/mol. The molecule has 3 aromatic rings. The molecule has 4 rings (SSSR count). The Balaban J connectivity index is 1.76. The molecule has 0 bridgehead atoms. The van der Waals surface area contributed by atoms with Gasteiger partial charge in [-0.3, -0.25) is 4.79 Å². The summed E-state index contributed by atoms with van der Waals surface area (Å²) in [4.78, 5) is 16.4. The highest BCUT2D eigenvalue weighted by Crippen LogP contribution is 2.31. The molecule has 4 nitrogen and oxygen atoms in total. The molecule has 2 heterocycles. The number of alkyl halides is 3. The van der Waals surface area contributed by atoms with E-state index in [-0.39, 0.29) is 16.9 Å². The average Bonchev–Trinajstić information content (AvgIpc) is 3.33. The maximum Gasteiger partial charge on any atom is 0.451 e. The first kappa shape index (κ1) is 15.7. The third-order valence-electron chi connectivity index (χ3n) is 4.26. The number of fused-ring (bicyclic) bond motifs is 1. The molecule has 2 aromatic carbocycles. The summed E-state index contributed by atoms with van der Waals surface area (Å²) in [6.45, 7) is 0.387. The molecule has 0 saturated carbocycles. The van der Waals surface area contributed by atoms with Crippen LogP contribution in [0.25, 0.3) is 10.9 Å². The monoisotopic (exact) mass is 345 g/mol. The van der Waals surface area contributed by atoms with Crippen LogP contribution in [-0.4, -0.2) is 22.2 Å². The Labute approximate surface area is 141 Å². The van der Waals surface area contributed by atoms with E-state index in [2.05, 4.69) is 4.98 Å². The van der Waals surface area contributed by atoms with E-state index in [1.807, 2.05) is 30.3 Å². The average molecular weight is 345 g/mol. The van der Waals surface area contributed by atoms with Crippen molar-refractivity contribution in [3.05, 3.63) is 76.3 Å². The Kier molecular flexibility index (Phi) is 3.52. The van der Waals surface area contributed by atoms with E-state index < -0.39 is 17.6 Å². The smallest absolute Gasteiger partial charge is 0.301 e. The zero-order valence-electron chi connectivity index (χ0n) is 13.1. The number of para-hydroxylation sites is 1. The first-order valence-corrected chi connectivity index (χ1v) is 7.85. The molecule has 1 aromatic heterocycles. The molecule has 0 amide bonds. The van der Waals surface area contributed by atoms with Gasteiger partial charge in [0.2, 0.25) is 5.82 Å². The van der Waals surface area contributed by atoms with Gasteiger partial charge in [0.05, 0.1) is 23.5 Å². The summed E-state index contributed by atoms with van der Waals surface area (Å²) in [5.41, 5.74) is 0.386. The minimum atomic E-state index is -4.71. The molecule has 25 heavy (non-hydrogen) atoms. The largest absolute Gasteiger partial charge is 0.451 e. The van der Waals surface area contributed by atoms with Gasteiger partial charge < -0.3 is 5.01 Å². The lowest BCUT2D eigenvalue weighted by Crippen LogP contribution is -2.37. The molecule has 128 valence electrons. The molecule has 7 heteroatoms. The van der Waals surface area contributed by atoms with Crippen LogP contribution in [0.4, 0.5) is 13.2 Å². The minimum absolute atomic E-state index is 0.0533. The highest BCUT2D eigenvalue weighted by atomic mass is 19.4. The fraction of sp³-hybridized carbons (Fsp3) is 0.222. The second-order valence-corrected chi connectivity index (χ2v) is 6.03. The highest BCUT2D eigenvalue weighted by Gasteiger charge is 2.44. The van der Waals surface area contributed by atoms with E-state index >= 15 is 0 Å². The minimum Gasteiger partial charge on any atom is -0.301 e. The predicted octanol–water partition coefficient (Wildman–Crippen LogP) is 2.98. The second kappa shape index (κ2) is 5.61. The lowest BCUT2D eigenvalue weighted by atomic mass is 10.1. The van der Waals surface area contributed by atoms with E-state index in [0.29, 0.717) is 17.6 Å². The lowest BCUT2D eigenvalue weighted by Gasteiger charge is -2.17. The fourth-order valence-corrected chi connectivity index (χ4v) is 3.02. The van der Waals surface area contributed by atoms with Gasteiger partial charge in [-0.25, -0.2) is 4.98 Å². The fourth-order valence-electron chi connectivity index (χ4n) is 3.02. The van der Waals surface area contributed by atoms with Crippen LogP contribution in [0.1, 0.15) is 11.4 Å². The van der Waals surface area contributed by atoms with E-state index in [9.17, 15) is 18.0 Å². The van der Waals surface area contributed by atoms with Gasteiger partial charge in [0.15, 0.2) is 0 Å². The van der Waals surface area contributed by atoms with Gasteiger partial charge in [0.1, 0.15) is 0 Å². The van der Waals surface area contributed by atoms with Gasteiger partial charge >= 0.3 is 6.18 Å². The van der Waals surface area contributed by atoms with Gasteiger partial charge in [0, 0.05) is 0 Å². The Morgan fingerprint density at radius 1 is 1.04 bits per heavy atom. The van der Waals surface area contributed by atoms with Crippen molar-refractivity contribution in [2.24, 2.45) is 0 Å². The maximum atomic E-state index is 13.4. The van der Waals surface area contributed by atoms with Crippen LogP contribution >= 0.6 is 0 Å². The summed E-state index contributed by atoms with van der Waals surface area (Å²) in [6, 6.07) is 15.4. The SMILES string of the molecule is O=c1c2ccccc2nc(C(F)(F)F)n1N1CC1Cc1ccccc1. The molecule has 1 aliphatic heterocycles. The van der Waals surface area contributed by atoms with Crippen LogP contribution in [0.15, 0.2) is 59.4 Å². The molecule has 1 saturated heterocycles. The normalized spacial score (nSPS) is 17.1. The van der Waals surface area contributed by atoms with Crippen molar-refractivity contribution >= 4 is 10.9 Å². The summed E-state index contributed by atoms with van der Waals surface area (Å²) in [6.07, 6.45) is -4.12. The van der Waals surface area contributed by atoms with Gasteiger partial charge in [-0.2, -0.15) is 17.8 Å². The summed E-state index contributed by atoms with van der Waals surface area (Å²) in [7, 11) is 0. The van der Waals surface area contributed by atoms with E-state index in [4.69, 9.17) is 0 Å². The number of nitrogens with zero attached hydrogens (tertiary/aromatic N) is 3. The Morgan fingerprint density at radius 3 is 2.44 bits per heavy atom. The molecule has 0 N–H and O–H groups in total. The molecular weight excluding hydrogens is 331 g/mol.